The van der Waals surface area contributed by atoms with Crippen molar-refractivity contribution in [3.05, 3.63) is 58.1 Å². The number of aryl methyl sites for hydroxylation is 2. The summed E-state index contributed by atoms with van der Waals surface area (Å²) in [4.78, 5) is 0. The smallest absolute Gasteiger partial charge is 0.122 e. The van der Waals surface area contributed by atoms with E-state index in [2.05, 4.69) is 77.4 Å². The van der Waals surface area contributed by atoms with E-state index in [1.54, 1.807) is 0 Å². The number of phenolic OH excluding ortho intramolecular Hbond substituents is 1. The normalized spacial score (nSPS) is 13.3. The van der Waals surface area contributed by atoms with E-state index in [1.165, 1.54) is 30.2 Å². The molecular formula is C24H34OP2. The lowest BCUT2D eigenvalue weighted by Gasteiger charge is -2.24. The summed E-state index contributed by atoms with van der Waals surface area (Å²) in [6.45, 7) is 13.2. The number of hydrogen-bond acceptors (Lipinski definition) is 1. The molecule has 0 radical (unpaired) electrons. The minimum absolute atomic E-state index is 0.361. The Labute approximate surface area is 169 Å². The Balaban J connectivity index is 2.51. The summed E-state index contributed by atoms with van der Waals surface area (Å²) >= 11 is 0. The molecule has 0 saturated heterocycles. The molecule has 2 atom stereocenters. The molecule has 1 nitrogen and oxygen atoms in total. The molecule has 0 spiro atoms. The van der Waals surface area contributed by atoms with Gasteiger partial charge >= 0.3 is 0 Å². The fraction of sp³-hybridized carbons (Fsp3) is 0.458. The highest BCUT2D eigenvalue weighted by Gasteiger charge is 2.22. The van der Waals surface area contributed by atoms with Crippen LogP contribution in [0.4, 0.5) is 0 Å². The van der Waals surface area contributed by atoms with E-state index in [9.17, 15) is 5.11 Å². The zero-order valence-corrected chi connectivity index (χ0v) is 19.5. The van der Waals surface area contributed by atoms with E-state index in [-0.39, 0.29) is 0 Å². The van der Waals surface area contributed by atoms with Crippen molar-refractivity contribution >= 4 is 27.9 Å². The van der Waals surface area contributed by atoms with Gasteiger partial charge in [-0.25, -0.2) is 0 Å². The van der Waals surface area contributed by atoms with Crippen LogP contribution in [-0.4, -0.2) is 17.6 Å². The lowest BCUT2D eigenvalue weighted by molar-refractivity contribution is 0.449. The molecule has 0 fully saturated rings. The molecule has 0 aliphatic heterocycles. The summed E-state index contributed by atoms with van der Waals surface area (Å²) in [5.74, 6) is 3.28. The highest BCUT2D eigenvalue weighted by molar-refractivity contribution is 7.48. The molecule has 0 saturated carbocycles. The summed E-state index contributed by atoms with van der Waals surface area (Å²) in [7, 11) is 1.95. The fourth-order valence-electron chi connectivity index (χ4n) is 3.85. The maximum atomic E-state index is 11.2. The Hall–Kier alpha value is -1.16. The van der Waals surface area contributed by atoms with Crippen molar-refractivity contribution < 1.29 is 5.11 Å². The highest BCUT2D eigenvalue weighted by atomic mass is 31.1. The Kier molecular flexibility index (Phi) is 8.53. The number of phenols is 1. The molecular weight excluding hydrogens is 366 g/mol. The van der Waals surface area contributed by atoms with E-state index in [1.807, 2.05) is 0 Å². The van der Waals surface area contributed by atoms with Crippen LogP contribution in [0.15, 0.2) is 30.3 Å². The predicted molar refractivity (Wildman–Crippen MR) is 126 cm³/mol. The Morgan fingerprint density at radius 3 is 2.30 bits per heavy atom. The van der Waals surface area contributed by atoms with Gasteiger partial charge in [0.2, 0.25) is 0 Å². The van der Waals surface area contributed by atoms with E-state index in [0.29, 0.717) is 25.9 Å². The van der Waals surface area contributed by atoms with E-state index >= 15 is 0 Å². The zero-order valence-electron chi connectivity index (χ0n) is 17.6. The van der Waals surface area contributed by atoms with Gasteiger partial charge in [-0.1, -0.05) is 65.2 Å². The Bertz CT molecular complexity index is 791. The maximum Gasteiger partial charge on any atom is 0.122 e. The molecule has 0 aliphatic rings. The average Bonchev–Trinajstić information content (AvgIpc) is 2.65. The molecule has 2 unspecified atom stereocenters. The Morgan fingerprint density at radius 1 is 1.04 bits per heavy atom. The minimum Gasteiger partial charge on any atom is -0.507 e. The van der Waals surface area contributed by atoms with Crippen molar-refractivity contribution in [3.8, 4) is 5.75 Å². The van der Waals surface area contributed by atoms with Crippen LogP contribution in [0.25, 0.3) is 0 Å². The van der Waals surface area contributed by atoms with Crippen LogP contribution in [0.2, 0.25) is 0 Å². The van der Waals surface area contributed by atoms with Crippen molar-refractivity contribution in [3.63, 3.8) is 0 Å². The van der Waals surface area contributed by atoms with Gasteiger partial charge in [0.05, 0.1) is 0 Å². The van der Waals surface area contributed by atoms with Gasteiger partial charge in [-0.2, -0.15) is 0 Å². The molecule has 27 heavy (non-hydrogen) atoms. The van der Waals surface area contributed by atoms with Crippen molar-refractivity contribution in [2.45, 2.75) is 65.5 Å². The molecule has 146 valence electrons. The van der Waals surface area contributed by atoms with Crippen LogP contribution in [0.5, 0.6) is 5.75 Å². The van der Waals surface area contributed by atoms with Crippen LogP contribution in [0.1, 0.15) is 79.4 Å². The van der Waals surface area contributed by atoms with Crippen molar-refractivity contribution in [1.82, 2.24) is 0 Å². The number of benzene rings is 2. The van der Waals surface area contributed by atoms with Crippen LogP contribution in [-0.2, 0) is 0 Å². The largest absolute Gasteiger partial charge is 0.507 e. The molecule has 3 heteroatoms. The summed E-state index contributed by atoms with van der Waals surface area (Å²) in [5.41, 5.74) is 6.61. The fourth-order valence-corrected chi connectivity index (χ4v) is 6.03. The van der Waals surface area contributed by atoms with Gasteiger partial charge in [-0.15, -0.1) is 8.20 Å². The second kappa shape index (κ2) is 10.4. The third-order valence-electron chi connectivity index (χ3n) is 5.41. The van der Waals surface area contributed by atoms with Crippen LogP contribution >= 0.6 is 16.8 Å². The summed E-state index contributed by atoms with van der Waals surface area (Å²) in [6.07, 6.45) is 3.17. The SMILES string of the molecule is CCC(CC)c1cc(C)cc(C(CC)Pc2c(C)cccc2C=PC)c1O. The van der Waals surface area contributed by atoms with Crippen LogP contribution in [0.3, 0.4) is 0 Å². The first-order valence-corrected chi connectivity index (χ1v) is 12.6. The molecule has 0 bridgehead atoms. The molecule has 2 aromatic carbocycles. The minimum atomic E-state index is 0.361. The first-order valence-electron chi connectivity index (χ1n) is 10.1. The maximum absolute atomic E-state index is 11.2. The van der Waals surface area contributed by atoms with Gasteiger partial charge in [0.1, 0.15) is 5.75 Å². The average molecular weight is 400 g/mol. The Morgan fingerprint density at radius 2 is 1.70 bits per heavy atom. The van der Waals surface area contributed by atoms with Gasteiger partial charge in [0, 0.05) is 11.2 Å². The van der Waals surface area contributed by atoms with Gasteiger partial charge in [-0.3, -0.25) is 0 Å². The van der Waals surface area contributed by atoms with Gasteiger partial charge < -0.3 is 5.11 Å². The third-order valence-corrected chi connectivity index (χ3v) is 7.99. The van der Waals surface area contributed by atoms with E-state index in [4.69, 9.17) is 0 Å². The quantitative estimate of drug-likeness (QED) is 0.469. The van der Waals surface area contributed by atoms with Gasteiger partial charge in [-0.05, 0) is 73.5 Å². The molecule has 2 aromatic rings. The van der Waals surface area contributed by atoms with E-state index < -0.39 is 0 Å². The first kappa shape index (κ1) is 22.1. The van der Waals surface area contributed by atoms with Crippen molar-refractivity contribution in [2.75, 3.05) is 6.66 Å². The molecule has 0 heterocycles. The van der Waals surface area contributed by atoms with Crippen molar-refractivity contribution in [1.29, 1.82) is 0 Å². The second-order valence-corrected chi connectivity index (χ2v) is 9.60. The topological polar surface area (TPSA) is 20.2 Å². The molecule has 1 N–H and O–H groups in total. The summed E-state index contributed by atoms with van der Waals surface area (Å²) in [6, 6.07) is 11.0. The third kappa shape index (κ3) is 5.22. The summed E-state index contributed by atoms with van der Waals surface area (Å²) < 4.78 is 0. The zero-order chi connectivity index (χ0) is 20.0. The second-order valence-electron chi connectivity index (χ2n) is 7.34. The first-order chi connectivity index (χ1) is 13.0. The van der Waals surface area contributed by atoms with Crippen LogP contribution < -0.4 is 5.30 Å². The molecule has 0 amide bonds. The standard InChI is InChI=1S/C24H34OP2/c1-7-18(8-2)20-13-16(4)14-21(23(20)25)22(9-3)27-24-17(5)11-10-12-19(24)15-26-6/h10-15,18,22,25,27H,7-9H2,1-6H3. The lowest BCUT2D eigenvalue weighted by atomic mass is 9.89. The number of hydrogen-bond donors (Lipinski definition) is 1. The van der Waals surface area contributed by atoms with Crippen molar-refractivity contribution in [2.24, 2.45) is 0 Å². The number of aromatic hydroxyl groups is 1. The number of rotatable bonds is 8. The molecule has 2 rings (SSSR count). The van der Waals surface area contributed by atoms with Crippen LogP contribution in [0, 0.1) is 13.8 Å². The van der Waals surface area contributed by atoms with Gasteiger partial charge in [0.15, 0.2) is 0 Å². The van der Waals surface area contributed by atoms with Gasteiger partial charge in [0.25, 0.3) is 0 Å². The predicted octanol–water partition coefficient (Wildman–Crippen LogP) is 7.09. The monoisotopic (exact) mass is 400 g/mol. The lowest BCUT2D eigenvalue weighted by Crippen LogP contribution is -2.10. The molecule has 0 aliphatic carbocycles. The van der Waals surface area contributed by atoms with E-state index in [0.717, 1.165) is 30.4 Å². The molecule has 0 aromatic heterocycles. The summed E-state index contributed by atoms with van der Waals surface area (Å²) in [5, 5.41) is 12.6. The highest BCUT2D eigenvalue weighted by Crippen LogP contribution is 2.45.